The molecule has 0 atom stereocenters. The van der Waals surface area contributed by atoms with Crippen LogP contribution in [0.4, 0.5) is 0 Å². The van der Waals surface area contributed by atoms with Crippen LogP contribution in [0.5, 0.6) is 0 Å². The topological polar surface area (TPSA) is 35.2 Å². The van der Waals surface area contributed by atoms with Crippen LogP contribution in [0.25, 0.3) is 0 Å². The minimum absolute atomic E-state index is 0.420. The van der Waals surface area contributed by atoms with E-state index >= 15 is 0 Å². The van der Waals surface area contributed by atoms with Gasteiger partial charge in [0.1, 0.15) is 4.99 Å². The van der Waals surface area contributed by atoms with E-state index in [1.807, 2.05) is 24.3 Å². The van der Waals surface area contributed by atoms with Gasteiger partial charge in [-0.1, -0.05) is 50.3 Å². The van der Waals surface area contributed by atoms with E-state index in [0.717, 1.165) is 5.56 Å². The molecule has 0 unspecified atom stereocenters. The fourth-order valence-electron chi connectivity index (χ4n) is 2.52. The second kappa shape index (κ2) is 6.02. The molecule has 1 fully saturated rings. The highest BCUT2D eigenvalue weighted by Crippen LogP contribution is 2.36. The monoisotopic (exact) mass is 277 g/mol. The van der Waals surface area contributed by atoms with Gasteiger partial charge in [-0.25, -0.2) is 0 Å². The maximum atomic E-state index is 6.00. The van der Waals surface area contributed by atoms with Crippen molar-refractivity contribution in [1.82, 2.24) is 0 Å². The van der Waals surface area contributed by atoms with E-state index in [2.05, 4.69) is 13.8 Å². The van der Waals surface area contributed by atoms with Gasteiger partial charge >= 0.3 is 0 Å². The zero-order chi connectivity index (χ0) is 13.9. The van der Waals surface area contributed by atoms with Crippen molar-refractivity contribution >= 4 is 17.2 Å². The van der Waals surface area contributed by atoms with E-state index in [1.165, 1.54) is 31.2 Å². The molecule has 0 aromatic heterocycles. The molecule has 0 heterocycles. The third-order valence-electron chi connectivity index (χ3n) is 4.01. The summed E-state index contributed by atoms with van der Waals surface area (Å²) < 4.78 is 6.00. The summed E-state index contributed by atoms with van der Waals surface area (Å²) in [6, 6.07) is 8.01. The van der Waals surface area contributed by atoms with E-state index in [4.69, 9.17) is 22.7 Å². The number of hydrogen-bond acceptors (Lipinski definition) is 2. The Labute approximate surface area is 121 Å². The Bertz CT molecular complexity index is 429. The molecule has 1 aromatic rings. The molecule has 3 heteroatoms. The number of rotatable bonds is 4. The Kier molecular flexibility index (Phi) is 4.58. The Hall–Kier alpha value is -0.930. The van der Waals surface area contributed by atoms with Gasteiger partial charge in [-0.05, 0) is 36.7 Å². The van der Waals surface area contributed by atoms with Crippen molar-refractivity contribution in [3.8, 4) is 0 Å². The SMILES string of the molecule is CC1(C)CCC(OCc2ccc(C(N)=S)cc2)CC1. The van der Waals surface area contributed by atoms with Crippen LogP contribution < -0.4 is 5.73 Å². The van der Waals surface area contributed by atoms with Crippen LogP contribution in [-0.4, -0.2) is 11.1 Å². The van der Waals surface area contributed by atoms with Crippen molar-refractivity contribution in [3.63, 3.8) is 0 Å². The van der Waals surface area contributed by atoms with Gasteiger partial charge in [0.05, 0.1) is 12.7 Å². The quantitative estimate of drug-likeness (QED) is 0.850. The smallest absolute Gasteiger partial charge is 0.103 e. The van der Waals surface area contributed by atoms with Crippen LogP contribution in [0.2, 0.25) is 0 Å². The summed E-state index contributed by atoms with van der Waals surface area (Å²) in [7, 11) is 0. The Morgan fingerprint density at radius 3 is 2.37 bits per heavy atom. The van der Waals surface area contributed by atoms with Gasteiger partial charge in [-0.15, -0.1) is 0 Å². The maximum absolute atomic E-state index is 6.00. The molecule has 2 N–H and O–H groups in total. The predicted octanol–water partition coefficient (Wildman–Crippen LogP) is 3.81. The average molecular weight is 277 g/mol. The molecule has 0 spiro atoms. The molecule has 19 heavy (non-hydrogen) atoms. The van der Waals surface area contributed by atoms with E-state index in [-0.39, 0.29) is 0 Å². The van der Waals surface area contributed by atoms with Gasteiger partial charge in [0.25, 0.3) is 0 Å². The van der Waals surface area contributed by atoms with Crippen molar-refractivity contribution in [2.45, 2.75) is 52.2 Å². The molecule has 1 aliphatic rings. The minimum Gasteiger partial charge on any atom is -0.389 e. The van der Waals surface area contributed by atoms with Gasteiger partial charge in [0, 0.05) is 5.56 Å². The Morgan fingerprint density at radius 1 is 1.26 bits per heavy atom. The van der Waals surface area contributed by atoms with Crippen molar-refractivity contribution in [2.75, 3.05) is 0 Å². The number of benzene rings is 1. The summed E-state index contributed by atoms with van der Waals surface area (Å²) in [5.74, 6) is 0. The van der Waals surface area contributed by atoms with Gasteiger partial charge in [0.15, 0.2) is 0 Å². The molecule has 0 saturated heterocycles. The first kappa shape index (κ1) is 14.5. The third-order valence-corrected chi connectivity index (χ3v) is 4.25. The van der Waals surface area contributed by atoms with Crippen LogP contribution in [0.3, 0.4) is 0 Å². The van der Waals surface area contributed by atoms with Crippen molar-refractivity contribution in [1.29, 1.82) is 0 Å². The summed E-state index contributed by atoms with van der Waals surface area (Å²) in [4.78, 5) is 0.446. The second-order valence-electron chi connectivity index (χ2n) is 6.24. The van der Waals surface area contributed by atoms with Gasteiger partial charge in [0.2, 0.25) is 0 Å². The first-order valence-electron chi connectivity index (χ1n) is 6.97. The first-order valence-corrected chi connectivity index (χ1v) is 7.37. The number of ether oxygens (including phenoxy) is 1. The molecule has 0 amide bonds. The Morgan fingerprint density at radius 2 is 1.84 bits per heavy atom. The van der Waals surface area contributed by atoms with Gasteiger partial charge in [-0.3, -0.25) is 0 Å². The van der Waals surface area contributed by atoms with E-state index in [0.29, 0.717) is 23.1 Å². The van der Waals surface area contributed by atoms with Crippen molar-refractivity contribution < 1.29 is 4.74 Å². The van der Waals surface area contributed by atoms with Crippen LogP contribution >= 0.6 is 12.2 Å². The van der Waals surface area contributed by atoms with E-state index < -0.39 is 0 Å². The van der Waals surface area contributed by atoms with Crippen molar-refractivity contribution in [3.05, 3.63) is 35.4 Å². The molecule has 1 aliphatic carbocycles. The van der Waals surface area contributed by atoms with Crippen LogP contribution in [0, 0.1) is 5.41 Å². The third kappa shape index (κ3) is 4.29. The zero-order valence-electron chi connectivity index (χ0n) is 11.8. The lowest BCUT2D eigenvalue weighted by atomic mass is 9.76. The zero-order valence-corrected chi connectivity index (χ0v) is 12.6. The largest absolute Gasteiger partial charge is 0.389 e. The molecule has 2 nitrogen and oxygen atoms in total. The summed E-state index contributed by atoms with van der Waals surface area (Å²) in [6.07, 6.45) is 5.30. The van der Waals surface area contributed by atoms with E-state index in [1.54, 1.807) is 0 Å². The summed E-state index contributed by atoms with van der Waals surface area (Å²) in [5, 5.41) is 0. The van der Waals surface area contributed by atoms with Crippen molar-refractivity contribution in [2.24, 2.45) is 11.1 Å². The highest BCUT2D eigenvalue weighted by atomic mass is 32.1. The molecule has 0 aliphatic heterocycles. The van der Waals surface area contributed by atoms with Gasteiger partial charge in [-0.2, -0.15) is 0 Å². The molecule has 1 aromatic carbocycles. The van der Waals surface area contributed by atoms with Crippen LogP contribution in [0.15, 0.2) is 24.3 Å². The minimum atomic E-state index is 0.420. The summed E-state index contributed by atoms with van der Waals surface area (Å²) >= 11 is 4.94. The predicted molar refractivity (Wildman–Crippen MR) is 83.2 cm³/mol. The lowest BCUT2D eigenvalue weighted by molar-refractivity contribution is -0.00558. The fourth-order valence-corrected chi connectivity index (χ4v) is 2.65. The molecule has 0 bridgehead atoms. The lowest BCUT2D eigenvalue weighted by Crippen LogP contribution is -2.26. The standard InChI is InChI=1S/C16H23NOS/c1-16(2)9-7-14(8-10-16)18-11-12-3-5-13(6-4-12)15(17)19/h3-6,14H,7-11H2,1-2H3,(H2,17,19). The molecular formula is C16H23NOS. The molecule has 2 rings (SSSR count). The molecule has 1 saturated carbocycles. The fraction of sp³-hybridized carbons (Fsp3) is 0.562. The maximum Gasteiger partial charge on any atom is 0.103 e. The average Bonchev–Trinajstić information content (AvgIpc) is 2.38. The normalized spacial score (nSPS) is 19.3. The highest BCUT2D eigenvalue weighted by molar-refractivity contribution is 7.80. The summed E-state index contributed by atoms with van der Waals surface area (Å²) in [5.41, 5.74) is 8.18. The Balaban J connectivity index is 1.81. The molecule has 0 radical (unpaired) electrons. The van der Waals surface area contributed by atoms with Crippen LogP contribution in [-0.2, 0) is 11.3 Å². The summed E-state index contributed by atoms with van der Waals surface area (Å²) in [6.45, 7) is 5.37. The highest BCUT2D eigenvalue weighted by Gasteiger charge is 2.26. The van der Waals surface area contributed by atoms with Gasteiger partial charge < -0.3 is 10.5 Å². The second-order valence-corrected chi connectivity index (χ2v) is 6.68. The number of thiocarbonyl (C=S) groups is 1. The lowest BCUT2D eigenvalue weighted by Gasteiger charge is -2.34. The number of nitrogens with two attached hydrogens (primary N) is 1. The van der Waals surface area contributed by atoms with Crippen LogP contribution in [0.1, 0.15) is 50.7 Å². The molecular weight excluding hydrogens is 254 g/mol. The first-order chi connectivity index (χ1) is 8.96. The molecule has 104 valence electrons. The van der Waals surface area contributed by atoms with E-state index in [9.17, 15) is 0 Å². The number of hydrogen-bond donors (Lipinski definition) is 1.